The van der Waals surface area contributed by atoms with E-state index in [0.29, 0.717) is 16.0 Å². The molecule has 1 fully saturated rings. The van der Waals surface area contributed by atoms with Crippen LogP contribution in [0.2, 0.25) is 10.0 Å². The summed E-state index contributed by atoms with van der Waals surface area (Å²) in [6.45, 7) is 2.60. The fourth-order valence-corrected chi connectivity index (χ4v) is 5.10. The molecule has 2 aliphatic rings. The Bertz CT molecular complexity index is 1040. The predicted molar refractivity (Wildman–Crippen MR) is 120 cm³/mol. The lowest BCUT2D eigenvalue weighted by atomic mass is 9.88. The van der Waals surface area contributed by atoms with Gasteiger partial charge in [0.2, 0.25) is 0 Å². The number of fused-ring (bicyclic) bond motifs is 1. The van der Waals surface area contributed by atoms with Crippen LogP contribution in [0.15, 0.2) is 40.9 Å². The van der Waals surface area contributed by atoms with Gasteiger partial charge < -0.3 is 4.42 Å². The number of halogens is 2. The molecule has 30 heavy (non-hydrogen) atoms. The zero-order valence-electron chi connectivity index (χ0n) is 16.9. The molecule has 4 nitrogen and oxygen atoms in total. The lowest BCUT2D eigenvalue weighted by Gasteiger charge is -2.28. The molecule has 3 aromatic rings. The van der Waals surface area contributed by atoms with Gasteiger partial charge >= 0.3 is 0 Å². The van der Waals surface area contributed by atoms with Crippen LogP contribution in [0.5, 0.6) is 0 Å². The lowest BCUT2D eigenvalue weighted by Crippen LogP contribution is -2.31. The third kappa shape index (κ3) is 4.27. The van der Waals surface area contributed by atoms with Gasteiger partial charge in [-0.3, -0.25) is 4.90 Å². The van der Waals surface area contributed by atoms with Crippen molar-refractivity contribution >= 4 is 23.2 Å². The Morgan fingerprint density at radius 1 is 1.07 bits per heavy atom. The molecule has 5 rings (SSSR count). The van der Waals surface area contributed by atoms with Gasteiger partial charge in [-0.05, 0) is 43.2 Å². The van der Waals surface area contributed by atoms with Gasteiger partial charge in [-0.2, -0.15) is 0 Å². The molecule has 0 amide bonds. The van der Waals surface area contributed by atoms with Crippen LogP contribution in [-0.2, 0) is 19.5 Å². The maximum absolute atomic E-state index is 6.32. The summed E-state index contributed by atoms with van der Waals surface area (Å²) in [5.74, 6) is 3.32. The summed E-state index contributed by atoms with van der Waals surface area (Å²) >= 11 is 12.3. The molecular formula is C24H25Cl2N3O. The fourth-order valence-electron chi connectivity index (χ4n) is 4.60. The van der Waals surface area contributed by atoms with Gasteiger partial charge in [0, 0.05) is 53.5 Å². The first kappa shape index (κ1) is 20.0. The van der Waals surface area contributed by atoms with E-state index in [1.54, 1.807) is 6.07 Å². The van der Waals surface area contributed by atoms with E-state index >= 15 is 0 Å². The smallest absolute Gasteiger partial charge is 0.135 e. The summed E-state index contributed by atoms with van der Waals surface area (Å²) in [4.78, 5) is 12.1. The minimum Gasteiger partial charge on any atom is -0.460 e. The molecule has 0 spiro atoms. The molecule has 0 saturated heterocycles. The number of hydrogen-bond acceptors (Lipinski definition) is 4. The summed E-state index contributed by atoms with van der Waals surface area (Å²) in [5.41, 5.74) is 3.34. The second kappa shape index (κ2) is 8.70. The average Bonchev–Trinajstić information content (AvgIpc) is 3.22. The Labute approximate surface area is 187 Å². The Morgan fingerprint density at radius 3 is 2.77 bits per heavy atom. The molecule has 0 N–H and O–H groups in total. The van der Waals surface area contributed by atoms with Gasteiger partial charge in [0.05, 0.1) is 11.6 Å². The predicted octanol–water partition coefficient (Wildman–Crippen LogP) is 6.65. The average molecular weight is 442 g/mol. The molecule has 0 radical (unpaired) electrons. The molecular weight excluding hydrogens is 417 g/mol. The Kier molecular flexibility index (Phi) is 5.81. The van der Waals surface area contributed by atoms with E-state index in [4.69, 9.17) is 37.6 Å². The van der Waals surface area contributed by atoms with Crippen LogP contribution in [0.25, 0.3) is 11.3 Å². The Hall–Kier alpha value is -1.88. The Balaban J connectivity index is 1.26. The standard InChI is InChI=1S/C24H25Cl2N3O/c25-18-6-8-20(21(26)12-18)23-9-7-19(30-23)15-29-11-10-22-17(14-29)13-27-24(28-22)16-4-2-1-3-5-16/h6-9,12-13,16H,1-5,10-11,14-15H2. The molecule has 1 aromatic carbocycles. The van der Waals surface area contributed by atoms with Crippen LogP contribution in [0, 0.1) is 0 Å². The molecule has 2 aromatic heterocycles. The number of hydrogen-bond donors (Lipinski definition) is 0. The molecule has 3 heterocycles. The van der Waals surface area contributed by atoms with Gasteiger partial charge in [-0.25, -0.2) is 9.97 Å². The van der Waals surface area contributed by atoms with Crippen LogP contribution in [-0.4, -0.2) is 21.4 Å². The molecule has 0 bridgehead atoms. The summed E-state index contributed by atoms with van der Waals surface area (Å²) in [6.07, 6.45) is 9.48. The quantitative estimate of drug-likeness (QED) is 0.454. The van der Waals surface area contributed by atoms with Crippen molar-refractivity contribution in [2.24, 2.45) is 0 Å². The van der Waals surface area contributed by atoms with Crippen molar-refractivity contribution in [1.82, 2.24) is 14.9 Å². The van der Waals surface area contributed by atoms with Crippen LogP contribution >= 0.6 is 23.2 Å². The van der Waals surface area contributed by atoms with E-state index in [9.17, 15) is 0 Å². The van der Waals surface area contributed by atoms with E-state index in [1.165, 1.54) is 43.4 Å². The van der Waals surface area contributed by atoms with Crippen molar-refractivity contribution in [2.75, 3.05) is 6.54 Å². The van der Waals surface area contributed by atoms with Crippen LogP contribution < -0.4 is 0 Å². The largest absolute Gasteiger partial charge is 0.460 e. The van der Waals surface area contributed by atoms with Crippen LogP contribution in [0.1, 0.15) is 60.9 Å². The highest BCUT2D eigenvalue weighted by atomic mass is 35.5. The zero-order chi connectivity index (χ0) is 20.5. The Morgan fingerprint density at radius 2 is 1.93 bits per heavy atom. The minimum absolute atomic E-state index is 0.559. The second-order valence-electron chi connectivity index (χ2n) is 8.39. The van der Waals surface area contributed by atoms with Gasteiger partial charge in [0.1, 0.15) is 17.3 Å². The summed E-state index contributed by atoms with van der Waals surface area (Å²) < 4.78 is 6.08. The summed E-state index contributed by atoms with van der Waals surface area (Å²) in [7, 11) is 0. The van der Waals surface area contributed by atoms with Crippen molar-refractivity contribution in [3.05, 3.63) is 69.4 Å². The highest BCUT2D eigenvalue weighted by Gasteiger charge is 2.23. The first-order valence-corrected chi connectivity index (χ1v) is 11.5. The lowest BCUT2D eigenvalue weighted by molar-refractivity contribution is 0.224. The van der Waals surface area contributed by atoms with Crippen LogP contribution in [0.4, 0.5) is 0 Å². The first-order valence-electron chi connectivity index (χ1n) is 10.8. The fraction of sp³-hybridized carbons (Fsp3) is 0.417. The molecule has 6 heteroatoms. The maximum Gasteiger partial charge on any atom is 0.135 e. The van der Waals surface area contributed by atoms with Crippen molar-refractivity contribution in [2.45, 2.75) is 57.5 Å². The molecule has 0 atom stereocenters. The van der Waals surface area contributed by atoms with Gasteiger partial charge in [0.15, 0.2) is 0 Å². The normalized spacial score (nSPS) is 17.8. The number of nitrogens with zero attached hydrogens (tertiary/aromatic N) is 3. The van der Waals surface area contributed by atoms with E-state index in [0.717, 1.165) is 49.0 Å². The topological polar surface area (TPSA) is 42.2 Å². The van der Waals surface area contributed by atoms with Crippen molar-refractivity contribution in [3.63, 3.8) is 0 Å². The maximum atomic E-state index is 6.32. The molecule has 1 saturated carbocycles. The molecule has 156 valence electrons. The van der Waals surface area contributed by atoms with Gasteiger partial charge in [-0.15, -0.1) is 0 Å². The third-order valence-corrected chi connectivity index (χ3v) is 6.79. The number of aromatic nitrogens is 2. The number of rotatable bonds is 4. The van der Waals surface area contributed by atoms with Crippen molar-refractivity contribution in [3.8, 4) is 11.3 Å². The van der Waals surface area contributed by atoms with Gasteiger partial charge in [0.25, 0.3) is 0 Å². The molecule has 0 unspecified atom stereocenters. The van der Waals surface area contributed by atoms with Crippen molar-refractivity contribution < 1.29 is 4.42 Å². The minimum atomic E-state index is 0.559. The highest BCUT2D eigenvalue weighted by Crippen LogP contribution is 2.33. The first-order chi connectivity index (χ1) is 14.7. The van der Waals surface area contributed by atoms with Crippen LogP contribution in [0.3, 0.4) is 0 Å². The monoisotopic (exact) mass is 441 g/mol. The summed E-state index contributed by atoms with van der Waals surface area (Å²) in [6, 6.07) is 9.46. The number of furan rings is 1. The second-order valence-corrected chi connectivity index (χ2v) is 9.23. The number of benzene rings is 1. The van der Waals surface area contributed by atoms with E-state index in [2.05, 4.69) is 11.1 Å². The third-order valence-electron chi connectivity index (χ3n) is 6.24. The molecule has 1 aliphatic carbocycles. The van der Waals surface area contributed by atoms with E-state index in [-0.39, 0.29) is 0 Å². The molecule has 1 aliphatic heterocycles. The SMILES string of the molecule is Clc1ccc(-c2ccc(CN3CCc4nc(C5CCCCC5)ncc4C3)o2)c(Cl)c1. The van der Waals surface area contributed by atoms with E-state index < -0.39 is 0 Å². The van der Waals surface area contributed by atoms with Gasteiger partial charge in [-0.1, -0.05) is 42.5 Å². The summed E-state index contributed by atoms with van der Waals surface area (Å²) in [5, 5.41) is 1.22. The highest BCUT2D eigenvalue weighted by molar-refractivity contribution is 6.36. The van der Waals surface area contributed by atoms with E-state index in [1.807, 2.05) is 24.3 Å². The zero-order valence-corrected chi connectivity index (χ0v) is 18.4. The van der Waals surface area contributed by atoms with Crippen molar-refractivity contribution in [1.29, 1.82) is 0 Å².